The molecule has 6 nitrogen and oxygen atoms in total. The van der Waals surface area contributed by atoms with Crippen molar-refractivity contribution in [3.63, 3.8) is 0 Å². The Bertz CT molecular complexity index is 1130. The van der Waals surface area contributed by atoms with Crippen molar-refractivity contribution in [2.75, 3.05) is 19.5 Å². The predicted molar refractivity (Wildman–Crippen MR) is 137 cm³/mol. The minimum atomic E-state index is -0.0430. The van der Waals surface area contributed by atoms with Crippen LogP contribution >= 0.6 is 23.4 Å². The van der Waals surface area contributed by atoms with Crippen LogP contribution in [-0.4, -0.2) is 40.1 Å². The van der Waals surface area contributed by atoms with E-state index in [1.165, 1.54) is 35.7 Å². The Labute approximate surface area is 210 Å². The molecule has 0 saturated heterocycles. The maximum absolute atomic E-state index is 12.8. The van der Waals surface area contributed by atoms with Gasteiger partial charge in [-0.05, 0) is 67.9 Å². The Morgan fingerprint density at radius 2 is 1.97 bits per heavy atom. The Hall–Kier alpha value is -2.35. The molecule has 8 heteroatoms. The van der Waals surface area contributed by atoms with Gasteiger partial charge in [0.1, 0.15) is 0 Å². The van der Waals surface area contributed by atoms with Crippen molar-refractivity contribution in [1.29, 1.82) is 0 Å². The maximum atomic E-state index is 12.8. The first kappa shape index (κ1) is 24.8. The van der Waals surface area contributed by atoms with Gasteiger partial charge in [-0.25, -0.2) is 0 Å². The Kier molecular flexibility index (Phi) is 8.64. The van der Waals surface area contributed by atoms with Crippen molar-refractivity contribution in [3.8, 4) is 11.4 Å². The van der Waals surface area contributed by atoms with Gasteiger partial charge in [0.2, 0.25) is 5.91 Å². The number of ether oxygens (including phenoxy) is 1. The number of methoxy groups -OCH3 is 1. The number of fused-ring (bicyclic) bond motifs is 1. The third-order valence-electron chi connectivity index (χ3n) is 6.14. The average Bonchev–Trinajstić information content (AvgIpc) is 3.25. The van der Waals surface area contributed by atoms with Gasteiger partial charge in [-0.2, -0.15) is 0 Å². The van der Waals surface area contributed by atoms with Crippen LogP contribution in [0, 0.1) is 0 Å². The number of carbonyl (C=O) groups is 1. The summed E-state index contributed by atoms with van der Waals surface area (Å²) in [6.45, 7) is 3.34. The van der Waals surface area contributed by atoms with Gasteiger partial charge in [0.25, 0.3) is 0 Å². The van der Waals surface area contributed by atoms with Crippen LogP contribution in [0.1, 0.15) is 48.9 Å². The topological polar surface area (TPSA) is 69.0 Å². The zero-order valence-electron chi connectivity index (χ0n) is 19.7. The van der Waals surface area contributed by atoms with Crippen molar-refractivity contribution in [3.05, 3.63) is 64.2 Å². The fourth-order valence-electron chi connectivity index (χ4n) is 4.33. The fourth-order valence-corrected chi connectivity index (χ4v) is 5.32. The number of nitrogens with zero attached hydrogens (tertiary/aromatic N) is 3. The molecule has 0 radical (unpaired) electrons. The zero-order valence-corrected chi connectivity index (χ0v) is 21.3. The minimum absolute atomic E-state index is 0.0269. The SMILES string of the molecule is COCCCn1c(SCC(=O)NC(C)c2ccc3c(c2)CCCC3)nnc1-c1ccccc1Cl. The van der Waals surface area contributed by atoms with Crippen LogP contribution < -0.4 is 5.32 Å². The molecule has 1 amide bonds. The summed E-state index contributed by atoms with van der Waals surface area (Å²) in [6.07, 6.45) is 5.61. The molecule has 1 unspecified atom stereocenters. The van der Waals surface area contributed by atoms with E-state index in [2.05, 4.69) is 33.7 Å². The number of rotatable bonds is 10. The Balaban J connectivity index is 1.42. The van der Waals surface area contributed by atoms with Crippen molar-refractivity contribution in [1.82, 2.24) is 20.1 Å². The minimum Gasteiger partial charge on any atom is -0.385 e. The molecule has 1 atom stereocenters. The molecule has 2 aromatic carbocycles. The highest BCUT2D eigenvalue weighted by Gasteiger charge is 2.19. The van der Waals surface area contributed by atoms with E-state index in [-0.39, 0.29) is 17.7 Å². The van der Waals surface area contributed by atoms with Crippen molar-refractivity contribution >= 4 is 29.3 Å². The predicted octanol–water partition coefficient (Wildman–Crippen LogP) is 5.48. The molecule has 0 saturated carbocycles. The summed E-state index contributed by atoms with van der Waals surface area (Å²) < 4.78 is 7.24. The number of hydrogen-bond donors (Lipinski definition) is 1. The highest BCUT2D eigenvalue weighted by Crippen LogP contribution is 2.30. The van der Waals surface area contributed by atoms with E-state index < -0.39 is 0 Å². The molecule has 0 fully saturated rings. The number of amides is 1. The number of benzene rings is 2. The number of aromatic nitrogens is 3. The first-order valence-electron chi connectivity index (χ1n) is 11.8. The van der Waals surface area contributed by atoms with Crippen LogP contribution in [-0.2, 0) is 28.9 Å². The molecule has 3 aromatic rings. The van der Waals surface area contributed by atoms with Crippen LogP contribution in [0.4, 0.5) is 0 Å². The summed E-state index contributed by atoms with van der Waals surface area (Å²) >= 11 is 7.80. The number of nitrogens with one attached hydrogen (secondary N) is 1. The summed E-state index contributed by atoms with van der Waals surface area (Å²) in [6, 6.07) is 14.2. The lowest BCUT2D eigenvalue weighted by Gasteiger charge is -2.20. The van der Waals surface area contributed by atoms with E-state index in [0.29, 0.717) is 29.2 Å². The highest BCUT2D eigenvalue weighted by atomic mass is 35.5. The van der Waals surface area contributed by atoms with Gasteiger partial charge in [-0.1, -0.05) is 53.7 Å². The summed E-state index contributed by atoms with van der Waals surface area (Å²) in [5, 5.41) is 13.2. The number of thioether (sulfide) groups is 1. The molecule has 4 rings (SSSR count). The summed E-state index contributed by atoms with van der Waals surface area (Å²) in [5.74, 6) is 0.938. The molecule has 180 valence electrons. The third kappa shape index (κ3) is 6.01. The fraction of sp³-hybridized carbons (Fsp3) is 0.423. The van der Waals surface area contributed by atoms with Crippen molar-refractivity contribution in [2.24, 2.45) is 0 Å². The standard InChI is InChI=1S/C26H31ClN4O2S/c1-18(20-13-12-19-8-3-4-9-21(19)16-20)28-24(32)17-34-26-30-29-25(31(26)14-7-15-33-2)22-10-5-6-11-23(22)27/h5-6,10-13,16,18H,3-4,7-9,14-15,17H2,1-2H3,(H,28,32). The van der Waals surface area contributed by atoms with E-state index >= 15 is 0 Å². The molecule has 1 aromatic heterocycles. The number of hydrogen-bond acceptors (Lipinski definition) is 5. The number of halogens is 1. The molecular weight excluding hydrogens is 468 g/mol. The van der Waals surface area contributed by atoms with E-state index in [9.17, 15) is 4.79 Å². The van der Waals surface area contributed by atoms with Crippen LogP contribution in [0.15, 0.2) is 47.6 Å². The second kappa shape index (κ2) is 11.9. The van der Waals surface area contributed by atoms with Gasteiger partial charge in [0.05, 0.1) is 16.8 Å². The molecular formula is C26H31ClN4O2S. The molecule has 1 aliphatic carbocycles. The Morgan fingerprint density at radius 3 is 2.76 bits per heavy atom. The van der Waals surface area contributed by atoms with E-state index in [1.54, 1.807) is 7.11 Å². The van der Waals surface area contributed by atoms with Crippen molar-refractivity contribution in [2.45, 2.75) is 56.8 Å². The molecule has 1 aliphatic rings. The smallest absolute Gasteiger partial charge is 0.230 e. The largest absolute Gasteiger partial charge is 0.385 e. The maximum Gasteiger partial charge on any atom is 0.230 e. The van der Waals surface area contributed by atoms with Gasteiger partial charge in [-0.15, -0.1) is 10.2 Å². The van der Waals surface area contributed by atoms with Gasteiger partial charge in [0, 0.05) is 25.8 Å². The van der Waals surface area contributed by atoms with Crippen LogP contribution in [0.25, 0.3) is 11.4 Å². The van der Waals surface area contributed by atoms with Gasteiger partial charge in [0.15, 0.2) is 11.0 Å². The third-order valence-corrected chi connectivity index (χ3v) is 7.44. The van der Waals surface area contributed by atoms with Crippen LogP contribution in [0.5, 0.6) is 0 Å². The molecule has 0 spiro atoms. The van der Waals surface area contributed by atoms with Gasteiger partial charge in [-0.3, -0.25) is 4.79 Å². The number of carbonyl (C=O) groups excluding carboxylic acids is 1. The van der Waals surface area contributed by atoms with E-state index in [1.807, 2.05) is 35.8 Å². The van der Waals surface area contributed by atoms with Gasteiger partial charge < -0.3 is 14.6 Å². The summed E-state index contributed by atoms with van der Waals surface area (Å²) in [5.41, 5.74) is 4.86. The van der Waals surface area contributed by atoms with Crippen LogP contribution in [0.3, 0.4) is 0 Å². The lowest BCUT2D eigenvalue weighted by molar-refractivity contribution is -0.119. The normalized spacial score (nSPS) is 14.0. The summed E-state index contributed by atoms with van der Waals surface area (Å²) in [4.78, 5) is 12.8. The number of aryl methyl sites for hydroxylation is 2. The lowest BCUT2D eigenvalue weighted by Crippen LogP contribution is -2.28. The quantitative estimate of drug-likeness (QED) is 0.296. The monoisotopic (exact) mass is 498 g/mol. The first-order valence-corrected chi connectivity index (χ1v) is 13.1. The lowest BCUT2D eigenvalue weighted by atomic mass is 9.89. The summed E-state index contributed by atoms with van der Waals surface area (Å²) in [7, 11) is 1.69. The molecule has 1 N–H and O–H groups in total. The molecule has 0 aliphatic heterocycles. The zero-order chi connectivity index (χ0) is 23.9. The average molecular weight is 499 g/mol. The molecule has 34 heavy (non-hydrogen) atoms. The van der Waals surface area contributed by atoms with Crippen LogP contribution in [0.2, 0.25) is 5.02 Å². The van der Waals surface area contributed by atoms with E-state index in [4.69, 9.17) is 16.3 Å². The van der Waals surface area contributed by atoms with Crippen molar-refractivity contribution < 1.29 is 9.53 Å². The van der Waals surface area contributed by atoms with E-state index in [0.717, 1.165) is 30.4 Å². The first-order chi connectivity index (χ1) is 16.6. The Morgan fingerprint density at radius 1 is 1.18 bits per heavy atom. The highest BCUT2D eigenvalue weighted by molar-refractivity contribution is 7.99. The molecule has 1 heterocycles. The second-order valence-electron chi connectivity index (χ2n) is 8.60. The van der Waals surface area contributed by atoms with Gasteiger partial charge >= 0.3 is 0 Å². The molecule has 0 bridgehead atoms. The second-order valence-corrected chi connectivity index (χ2v) is 9.95.